The third kappa shape index (κ3) is 1.99. The lowest BCUT2D eigenvalue weighted by molar-refractivity contribution is -0.133. The van der Waals surface area contributed by atoms with Gasteiger partial charge in [0.25, 0.3) is 0 Å². The van der Waals surface area contributed by atoms with Crippen LogP contribution in [0.15, 0.2) is 24.5 Å². The molecular weight excluding hydrogens is 250 g/mol. The minimum atomic E-state index is 0.348. The maximum Gasteiger partial charge on any atom is 0.225 e. The van der Waals surface area contributed by atoms with Crippen LogP contribution >= 0.6 is 0 Å². The van der Waals surface area contributed by atoms with Gasteiger partial charge in [-0.05, 0) is 49.3 Å². The van der Waals surface area contributed by atoms with Gasteiger partial charge in [0, 0.05) is 31.4 Å². The Kier molecular flexibility index (Phi) is 2.76. The SMILES string of the molecule is O=C(C1CC1)N1CCC(c2c[nH]c3cccnc23)CC1. The number of nitrogens with zero attached hydrogens (tertiary/aromatic N) is 2. The number of rotatable bonds is 2. The first-order chi connectivity index (χ1) is 9.83. The molecule has 1 saturated heterocycles. The smallest absolute Gasteiger partial charge is 0.225 e. The molecule has 4 nitrogen and oxygen atoms in total. The number of likely N-dealkylation sites (tertiary alicyclic amines) is 1. The van der Waals surface area contributed by atoms with Gasteiger partial charge in [-0.3, -0.25) is 9.78 Å². The van der Waals surface area contributed by atoms with Gasteiger partial charge in [0.2, 0.25) is 5.91 Å². The summed E-state index contributed by atoms with van der Waals surface area (Å²) in [4.78, 5) is 21.9. The summed E-state index contributed by atoms with van der Waals surface area (Å²) in [5.74, 6) is 1.27. The van der Waals surface area contributed by atoms with E-state index >= 15 is 0 Å². The highest BCUT2D eigenvalue weighted by atomic mass is 16.2. The summed E-state index contributed by atoms with van der Waals surface area (Å²) in [5.41, 5.74) is 3.53. The average molecular weight is 269 g/mol. The number of hydrogen-bond acceptors (Lipinski definition) is 2. The summed E-state index contributed by atoms with van der Waals surface area (Å²) >= 11 is 0. The lowest BCUT2D eigenvalue weighted by Gasteiger charge is -2.32. The molecule has 1 aliphatic carbocycles. The number of fused-ring (bicyclic) bond motifs is 1. The highest BCUT2D eigenvalue weighted by molar-refractivity contribution is 5.81. The zero-order valence-corrected chi connectivity index (χ0v) is 11.5. The van der Waals surface area contributed by atoms with Crippen LogP contribution in [0.4, 0.5) is 0 Å². The van der Waals surface area contributed by atoms with Crippen LogP contribution in [0, 0.1) is 5.92 Å². The van der Waals surface area contributed by atoms with E-state index in [1.807, 2.05) is 12.3 Å². The number of aromatic nitrogens is 2. The summed E-state index contributed by atoms with van der Waals surface area (Å²) in [6, 6.07) is 4.02. The second-order valence-electron chi connectivity index (χ2n) is 6.02. The summed E-state index contributed by atoms with van der Waals surface area (Å²) in [6.07, 6.45) is 8.27. The molecule has 3 heterocycles. The zero-order chi connectivity index (χ0) is 13.5. The average Bonchev–Trinajstić information content (AvgIpc) is 3.26. The molecule has 0 atom stereocenters. The fourth-order valence-electron chi connectivity index (χ4n) is 3.29. The molecule has 1 aliphatic heterocycles. The summed E-state index contributed by atoms with van der Waals surface area (Å²) in [5, 5.41) is 0. The Morgan fingerprint density at radius 2 is 2.05 bits per heavy atom. The number of carbonyl (C=O) groups excluding carboxylic acids is 1. The normalized spacial score (nSPS) is 20.5. The molecule has 20 heavy (non-hydrogen) atoms. The lowest BCUT2D eigenvalue weighted by atomic mass is 9.90. The number of carbonyl (C=O) groups is 1. The molecule has 4 heteroatoms. The van der Waals surface area contributed by atoms with E-state index < -0.39 is 0 Å². The van der Waals surface area contributed by atoms with E-state index in [1.54, 1.807) is 0 Å². The molecule has 0 bridgehead atoms. The molecule has 0 radical (unpaired) electrons. The van der Waals surface area contributed by atoms with Gasteiger partial charge < -0.3 is 9.88 Å². The topological polar surface area (TPSA) is 49.0 Å². The van der Waals surface area contributed by atoms with E-state index in [2.05, 4.69) is 27.1 Å². The number of aromatic amines is 1. The highest BCUT2D eigenvalue weighted by Gasteiger charge is 2.35. The summed E-state index contributed by atoms with van der Waals surface area (Å²) < 4.78 is 0. The molecule has 1 amide bonds. The molecule has 2 aliphatic rings. The quantitative estimate of drug-likeness (QED) is 0.911. The summed E-state index contributed by atoms with van der Waals surface area (Å²) in [7, 11) is 0. The number of piperidine rings is 1. The Hall–Kier alpha value is -1.84. The predicted molar refractivity (Wildman–Crippen MR) is 77.4 cm³/mol. The number of pyridine rings is 1. The Morgan fingerprint density at radius 1 is 1.25 bits per heavy atom. The van der Waals surface area contributed by atoms with Gasteiger partial charge in [0.1, 0.15) is 0 Å². The maximum absolute atomic E-state index is 12.1. The first-order valence-corrected chi connectivity index (χ1v) is 7.54. The third-order valence-corrected chi connectivity index (χ3v) is 4.64. The molecule has 1 saturated carbocycles. The van der Waals surface area contributed by atoms with Gasteiger partial charge in [0.15, 0.2) is 0 Å². The van der Waals surface area contributed by atoms with Gasteiger partial charge >= 0.3 is 0 Å². The number of nitrogens with one attached hydrogen (secondary N) is 1. The van der Waals surface area contributed by atoms with Crippen molar-refractivity contribution in [1.29, 1.82) is 0 Å². The first-order valence-electron chi connectivity index (χ1n) is 7.54. The number of H-pyrrole nitrogens is 1. The van der Waals surface area contributed by atoms with E-state index in [0.717, 1.165) is 49.8 Å². The molecule has 0 unspecified atom stereocenters. The monoisotopic (exact) mass is 269 g/mol. The van der Waals surface area contributed by atoms with Crippen molar-refractivity contribution in [3.05, 3.63) is 30.1 Å². The summed E-state index contributed by atoms with van der Waals surface area (Å²) in [6.45, 7) is 1.80. The standard InChI is InChI=1S/C16H19N3O/c20-16(12-3-4-12)19-8-5-11(6-9-19)13-10-18-14-2-1-7-17-15(13)14/h1-2,7,10-12,18H,3-6,8-9H2. The van der Waals surface area contributed by atoms with Crippen LogP contribution in [0.3, 0.4) is 0 Å². The van der Waals surface area contributed by atoms with Crippen molar-refractivity contribution in [2.45, 2.75) is 31.6 Å². The van der Waals surface area contributed by atoms with E-state index in [9.17, 15) is 4.79 Å². The third-order valence-electron chi connectivity index (χ3n) is 4.64. The van der Waals surface area contributed by atoms with E-state index in [1.165, 1.54) is 5.56 Å². The molecule has 2 aromatic heterocycles. The minimum absolute atomic E-state index is 0.348. The van der Waals surface area contributed by atoms with Gasteiger partial charge in [0.05, 0.1) is 11.0 Å². The lowest BCUT2D eigenvalue weighted by Crippen LogP contribution is -2.38. The van der Waals surface area contributed by atoms with Gasteiger partial charge in [-0.2, -0.15) is 0 Å². The molecule has 104 valence electrons. The molecule has 2 fully saturated rings. The van der Waals surface area contributed by atoms with Crippen molar-refractivity contribution in [3.8, 4) is 0 Å². The predicted octanol–water partition coefficient (Wildman–Crippen LogP) is 2.68. The van der Waals surface area contributed by atoms with Crippen molar-refractivity contribution in [1.82, 2.24) is 14.9 Å². The van der Waals surface area contributed by atoms with Crippen molar-refractivity contribution < 1.29 is 4.79 Å². The molecule has 4 rings (SSSR count). The van der Waals surface area contributed by atoms with Crippen molar-refractivity contribution in [2.24, 2.45) is 5.92 Å². The molecule has 2 aromatic rings. The van der Waals surface area contributed by atoms with E-state index in [0.29, 0.717) is 17.7 Å². The molecule has 1 N–H and O–H groups in total. The fraction of sp³-hybridized carbons (Fsp3) is 0.500. The number of hydrogen-bond donors (Lipinski definition) is 1. The Bertz CT molecular complexity index is 636. The van der Waals surface area contributed by atoms with Gasteiger partial charge in [-0.25, -0.2) is 0 Å². The number of amides is 1. The van der Waals surface area contributed by atoms with Crippen molar-refractivity contribution >= 4 is 16.9 Å². The Labute approximate surface area is 118 Å². The molecule has 0 aromatic carbocycles. The van der Waals surface area contributed by atoms with Crippen LogP contribution in [-0.2, 0) is 4.79 Å². The highest BCUT2D eigenvalue weighted by Crippen LogP contribution is 2.35. The van der Waals surface area contributed by atoms with Crippen LogP contribution in [0.25, 0.3) is 11.0 Å². The van der Waals surface area contributed by atoms with Crippen LogP contribution in [-0.4, -0.2) is 33.9 Å². The van der Waals surface area contributed by atoms with Crippen LogP contribution in [0.1, 0.15) is 37.2 Å². The second kappa shape index (κ2) is 4.62. The van der Waals surface area contributed by atoms with Crippen LogP contribution < -0.4 is 0 Å². The second-order valence-corrected chi connectivity index (χ2v) is 6.02. The van der Waals surface area contributed by atoms with Gasteiger partial charge in [-0.15, -0.1) is 0 Å². The maximum atomic E-state index is 12.1. The fourth-order valence-corrected chi connectivity index (χ4v) is 3.29. The Morgan fingerprint density at radius 3 is 2.80 bits per heavy atom. The van der Waals surface area contributed by atoms with E-state index in [-0.39, 0.29) is 0 Å². The minimum Gasteiger partial charge on any atom is -0.360 e. The van der Waals surface area contributed by atoms with E-state index in [4.69, 9.17) is 0 Å². The molecule has 0 spiro atoms. The zero-order valence-electron chi connectivity index (χ0n) is 11.5. The van der Waals surface area contributed by atoms with Crippen LogP contribution in [0.2, 0.25) is 0 Å². The van der Waals surface area contributed by atoms with Crippen molar-refractivity contribution in [3.63, 3.8) is 0 Å². The first kappa shape index (κ1) is 11.9. The Balaban J connectivity index is 1.50. The molecular formula is C16H19N3O. The van der Waals surface area contributed by atoms with Crippen LogP contribution in [0.5, 0.6) is 0 Å². The van der Waals surface area contributed by atoms with Crippen molar-refractivity contribution in [2.75, 3.05) is 13.1 Å². The largest absolute Gasteiger partial charge is 0.360 e. The van der Waals surface area contributed by atoms with Gasteiger partial charge in [-0.1, -0.05) is 0 Å².